The highest BCUT2D eigenvalue weighted by Gasteiger charge is 2.44. The molecular weight excluding hydrogens is 542 g/mol. The molecule has 0 radical (unpaired) electrons. The Morgan fingerprint density at radius 3 is 2.32 bits per heavy atom. The van der Waals surface area contributed by atoms with Crippen LogP contribution in [0.3, 0.4) is 0 Å². The van der Waals surface area contributed by atoms with Crippen molar-refractivity contribution in [1.82, 2.24) is 9.97 Å². The number of carbonyl (C=O) groups is 1. The molecule has 3 heterocycles. The number of piperidine rings is 2. The average molecular weight is 571 g/mol. The number of nitrogens with zero attached hydrogens (tertiary/aromatic N) is 4. The topological polar surface area (TPSA) is 87.4 Å². The Labute approximate surface area is 222 Å². The Morgan fingerprint density at radius 2 is 1.62 bits per heavy atom. The molecule has 3 fully saturated rings. The van der Waals surface area contributed by atoms with Gasteiger partial charge in [0, 0.05) is 60.8 Å². The Kier molecular flexibility index (Phi) is 5.97. The summed E-state index contributed by atoms with van der Waals surface area (Å²) in [4.78, 5) is 26.2. The highest BCUT2D eigenvalue weighted by Crippen LogP contribution is 2.54. The summed E-state index contributed by atoms with van der Waals surface area (Å²) in [6, 6.07) is 9.32. The molecule has 194 valence electrons. The maximum absolute atomic E-state index is 13.8. The fourth-order valence-electron chi connectivity index (χ4n) is 5.58. The Morgan fingerprint density at radius 1 is 0.946 bits per heavy atom. The van der Waals surface area contributed by atoms with E-state index in [1.54, 1.807) is 18.3 Å². The first-order valence-corrected chi connectivity index (χ1v) is 13.5. The number of amides is 1. The molecule has 3 aromatic rings. The number of carbonyl (C=O) groups excluding carboxylic acids is 1. The Balaban J connectivity index is 1.30. The molecule has 0 unspecified atom stereocenters. The number of hydrogen-bond acceptors (Lipinski definition) is 6. The monoisotopic (exact) mass is 570 g/mol. The summed E-state index contributed by atoms with van der Waals surface area (Å²) in [5, 5.41) is 3.73. The Bertz CT molecular complexity index is 1360. The molecule has 3 aliphatic rings. The first kappa shape index (κ1) is 24.3. The molecule has 1 amide bonds. The van der Waals surface area contributed by atoms with Crippen molar-refractivity contribution in [1.29, 1.82) is 0 Å². The van der Waals surface area contributed by atoms with Crippen LogP contribution in [0.1, 0.15) is 48.9 Å². The van der Waals surface area contributed by atoms with Crippen molar-refractivity contribution in [2.24, 2.45) is 5.41 Å². The zero-order valence-electron chi connectivity index (χ0n) is 20.4. The van der Waals surface area contributed by atoms with Gasteiger partial charge in [0.15, 0.2) is 0 Å². The first-order chi connectivity index (χ1) is 17.7. The summed E-state index contributed by atoms with van der Waals surface area (Å²) in [6.07, 6.45) is 6.10. The van der Waals surface area contributed by atoms with Gasteiger partial charge < -0.3 is 20.9 Å². The van der Waals surface area contributed by atoms with Crippen LogP contribution in [0.25, 0.3) is 10.9 Å². The van der Waals surface area contributed by atoms with Gasteiger partial charge in [0.05, 0.1) is 22.5 Å². The van der Waals surface area contributed by atoms with Crippen molar-refractivity contribution in [3.8, 4) is 0 Å². The van der Waals surface area contributed by atoms with Gasteiger partial charge in [-0.05, 0) is 61.4 Å². The van der Waals surface area contributed by atoms with Crippen LogP contribution in [0.2, 0.25) is 0 Å². The summed E-state index contributed by atoms with van der Waals surface area (Å²) in [5.41, 5.74) is 9.70. The van der Waals surface area contributed by atoms with Gasteiger partial charge in [-0.2, -0.15) is 0 Å². The number of halogens is 3. The number of nitrogens with two attached hydrogens (primary N) is 1. The van der Waals surface area contributed by atoms with E-state index in [9.17, 15) is 13.6 Å². The van der Waals surface area contributed by atoms with Crippen LogP contribution in [0.4, 0.5) is 31.8 Å². The number of anilines is 4. The Hall–Kier alpha value is -3.01. The molecule has 7 nitrogen and oxygen atoms in total. The fraction of sp³-hybridized carbons (Fsp3) is 0.444. The smallest absolute Gasteiger partial charge is 0.257 e. The van der Waals surface area contributed by atoms with Crippen molar-refractivity contribution >= 4 is 55.8 Å². The van der Waals surface area contributed by atoms with Crippen LogP contribution in [0.15, 0.2) is 41.0 Å². The van der Waals surface area contributed by atoms with Gasteiger partial charge in [0.1, 0.15) is 0 Å². The highest BCUT2D eigenvalue weighted by atomic mass is 79.9. The molecular formula is C27H29BrF2N6O. The van der Waals surface area contributed by atoms with Crippen molar-refractivity contribution in [3.05, 3.63) is 46.6 Å². The minimum Gasteiger partial charge on any atom is -0.371 e. The van der Waals surface area contributed by atoms with Gasteiger partial charge in [-0.15, -0.1) is 0 Å². The fourth-order valence-corrected chi connectivity index (χ4v) is 5.93. The summed E-state index contributed by atoms with van der Waals surface area (Å²) in [5.74, 6) is -2.78. The third kappa shape index (κ3) is 4.95. The number of fused-ring (bicyclic) bond motifs is 1. The molecule has 2 aliphatic heterocycles. The van der Waals surface area contributed by atoms with Crippen molar-refractivity contribution < 1.29 is 13.6 Å². The van der Waals surface area contributed by atoms with Crippen LogP contribution in [-0.2, 0) is 0 Å². The van der Waals surface area contributed by atoms with Gasteiger partial charge in [-0.25, -0.2) is 18.7 Å². The molecule has 3 N–H and O–H groups in total. The molecule has 37 heavy (non-hydrogen) atoms. The largest absolute Gasteiger partial charge is 0.371 e. The molecule has 1 saturated carbocycles. The van der Waals surface area contributed by atoms with Crippen LogP contribution in [0, 0.1) is 5.41 Å². The van der Waals surface area contributed by atoms with E-state index in [4.69, 9.17) is 5.73 Å². The second kappa shape index (κ2) is 9.08. The first-order valence-electron chi connectivity index (χ1n) is 12.8. The van der Waals surface area contributed by atoms with E-state index >= 15 is 0 Å². The number of rotatable bonds is 4. The molecule has 1 spiro atoms. The molecule has 2 saturated heterocycles. The van der Waals surface area contributed by atoms with Crippen molar-refractivity contribution in [3.63, 3.8) is 0 Å². The van der Waals surface area contributed by atoms with E-state index < -0.39 is 5.92 Å². The van der Waals surface area contributed by atoms with E-state index in [0.29, 0.717) is 33.3 Å². The lowest BCUT2D eigenvalue weighted by Crippen LogP contribution is -2.39. The number of nitrogens with one attached hydrogen (secondary N) is 1. The summed E-state index contributed by atoms with van der Waals surface area (Å²) >= 11 is 3.57. The minimum atomic E-state index is -2.67. The predicted octanol–water partition coefficient (Wildman–Crippen LogP) is 5.84. The number of hydrogen-bond donors (Lipinski definition) is 2. The van der Waals surface area contributed by atoms with E-state index in [-0.39, 0.29) is 37.8 Å². The lowest BCUT2D eigenvalue weighted by molar-refractivity contribution is -0.0220. The highest BCUT2D eigenvalue weighted by molar-refractivity contribution is 9.10. The zero-order chi connectivity index (χ0) is 25.8. The van der Waals surface area contributed by atoms with E-state index in [0.717, 1.165) is 36.1 Å². The maximum atomic E-state index is 13.8. The zero-order valence-corrected chi connectivity index (χ0v) is 22.0. The minimum absolute atomic E-state index is 0.113. The van der Waals surface area contributed by atoms with Gasteiger partial charge in [-0.1, -0.05) is 15.9 Å². The van der Waals surface area contributed by atoms with Gasteiger partial charge in [0.2, 0.25) is 5.95 Å². The van der Waals surface area contributed by atoms with Gasteiger partial charge in [0.25, 0.3) is 11.8 Å². The third-order valence-corrected chi connectivity index (χ3v) is 8.59. The normalized spacial score (nSPS) is 20.3. The molecule has 10 heteroatoms. The lowest BCUT2D eigenvalue weighted by Gasteiger charge is -2.35. The number of alkyl halides is 2. The molecule has 2 aromatic carbocycles. The SMILES string of the molecule is Nc1ncc2cc(NC(=O)c3ccc(Br)cc3N3CCC4(CC3)CC4)cc(N3CCC(F)(F)CC3)c2n1. The van der Waals surface area contributed by atoms with Crippen LogP contribution in [-0.4, -0.2) is 48.0 Å². The summed E-state index contributed by atoms with van der Waals surface area (Å²) in [6.45, 7) is 2.26. The average Bonchev–Trinajstić information content (AvgIpc) is 3.63. The third-order valence-electron chi connectivity index (χ3n) is 8.10. The quantitative estimate of drug-likeness (QED) is 0.409. The lowest BCUT2D eigenvalue weighted by atomic mass is 9.93. The molecule has 1 aromatic heterocycles. The number of aromatic nitrogens is 2. The second-order valence-electron chi connectivity index (χ2n) is 10.6. The predicted molar refractivity (Wildman–Crippen MR) is 146 cm³/mol. The second-order valence-corrected chi connectivity index (χ2v) is 11.5. The molecule has 1 aliphatic carbocycles. The molecule has 0 bridgehead atoms. The standard InChI is InChI=1S/C27H29BrF2N6O/c28-18-1-2-20(21(14-18)35-9-5-26(3-4-26)6-10-35)24(37)33-19-13-17-16-32-25(31)34-23(17)22(15-19)36-11-7-27(29,30)8-12-36/h1-2,13-16H,3-12H2,(H,33,37)(H2,31,32,34). The van der Waals surface area contributed by atoms with E-state index in [1.807, 2.05) is 23.1 Å². The van der Waals surface area contributed by atoms with Crippen LogP contribution < -0.4 is 20.9 Å². The van der Waals surface area contributed by atoms with E-state index in [2.05, 4.69) is 36.1 Å². The molecule has 0 atom stereocenters. The van der Waals surface area contributed by atoms with Gasteiger partial charge in [-0.3, -0.25) is 4.79 Å². The maximum Gasteiger partial charge on any atom is 0.257 e. The number of benzene rings is 2. The van der Waals surface area contributed by atoms with Gasteiger partial charge >= 0.3 is 0 Å². The summed E-state index contributed by atoms with van der Waals surface area (Å²) < 4.78 is 28.6. The van der Waals surface area contributed by atoms with Crippen molar-refractivity contribution in [2.75, 3.05) is 47.0 Å². The van der Waals surface area contributed by atoms with Crippen LogP contribution >= 0.6 is 15.9 Å². The molecule has 6 rings (SSSR count). The number of nitrogen functional groups attached to an aromatic ring is 1. The van der Waals surface area contributed by atoms with Crippen molar-refractivity contribution in [2.45, 2.75) is 44.4 Å². The van der Waals surface area contributed by atoms with E-state index in [1.165, 1.54) is 12.8 Å². The van der Waals surface area contributed by atoms with Crippen LogP contribution in [0.5, 0.6) is 0 Å². The summed E-state index contributed by atoms with van der Waals surface area (Å²) in [7, 11) is 0.